The number of hydrogen-bond acceptors (Lipinski definition) is 1. The van der Waals surface area contributed by atoms with Gasteiger partial charge in [0.15, 0.2) is 0 Å². The molecule has 1 aliphatic rings. The SMILES string of the molecule is CC1(C)c2c(cc(-c3c4ccccc4c(-c4ccc5oc6ccccc6c5c4)c4ccccc34)c3ccccc23)-c2c1c1ccccc1c1ccccc21. The van der Waals surface area contributed by atoms with Crippen molar-refractivity contribution in [1.82, 2.24) is 0 Å². The molecule has 0 saturated carbocycles. The Morgan fingerprint density at radius 2 is 0.759 bits per heavy atom. The Balaban J connectivity index is 1.22. The quantitative estimate of drug-likeness (QED) is 0.130. The summed E-state index contributed by atoms with van der Waals surface area (Å²) in [5.41, 5.74) is 12.2. The van der Waals surface area contributed by atoms with Crippen molar-refractivity contribution in [3.05, 3.63) is 181 Å². The van der Waals surface area contributed by atoms with E-state index in [1.165, 1.54) is 98.4 Å². The first-order chi connectivity index (χ1) is 26.6. The Morgan fingerprint density at radius 1 is 0.315 bits per heavy atom. The van der Waals surface area contributed by atoms with Crippen molar-refractivity contribution in [2.75, 3.05) is 0 Å². The maximum absolute atomic E-state index is 6.26. The molecule has 0 atom stereocenters. The summed E-state index contributed by atoms with van der Waals surface area (Å²) in [6.07, 6.45) is 0. The fraction of sp³-hybridized carbons (Fsp3) is 0.0566. The maximum atomic E-state index is 6.26. The molecule has 0 bridgehead atoms. The number of benzene rings is 10. The molecule has 0 aliphatic heterocycles. The van der Waals surface area contributed by atoms with Crippen LogP contribution in [-0.2, 0) is 5.41 Å². The van der Waals surface area contributed by atoms with Crippen LogP contribution in [0.25, 0.3) is 109 Å². The Bertz CT molecular complexity index is 3350. The summed E-state index contributed by atoms with van der Waals surface area (Å²) in [7, 11) is 0. The van der Waals surface area contributed by atoms with Crippen LogP contribution in [0.1, 0.15) is 25.0 Å². The van der Waals surface area contributed by atoms with Gasteiger partial charge in [-0.1, -0.05) is 159 Å². The van der Waals surface area contributed by atoms with E-state index in [0.717, 1.165) is 21.9 Å². The third-order valence-electron chi connectivity index (χ3n) is 12.4. The zero-order valence-electron chi connectivity index (χ0n) is 30.1. The number of para-hydroxylation sites is 1. The molecule has 0 spiro atoms. The highest BCUT2D eigenvalue weighted by Crippen LogP contribution is 2.58. The molecular weight excluding hydrogens is 653 g/mol. The lowest BCUT2D eigenvalue weighted by Crippen LogP contribution is -2.16. The summed E-state index contributed by atoms with van der Waals surface area (Å²) in [5.74, 6) is 0. The first-order valence-corrected chi connectivity index (χ1v) is 18.9. The van der Waals surface area contributed by atoms with Crippen molar-refractivity contribution < 1.29 is 4.42 Å². The van der Waals surface area contributed by atoms with Crippen LogP contribution in [0.15, 0.2) is 174 Å². The van der Waals surface area contributed by atoms with E-state index in [2.05, 4.69) is 178 Å². The number of hydrogen-bond donors (Lipinski definition) is 0. The molecule has 1 heterocycles. The van der Waals surface area contributed by atoms with Crippen LogP contribution in [0.4, 0.5) is 0 Å². The summed E-state index contributed by atoms with van der Waals surface area (Å²) >= 11 is 0. The lowest BCUT2D eigenvalue weighted by atomic mass is 9.77. The van der Waals surface area contributed by atoms with E-state index in [9.17, 15) is 0 Å². The summed E-state index contributed by atoms with van der Waals surface area (Å²) in [6, 6.07) is 62.8. The molecule has 1 heteroatoms. The molecule has 10 aromatic carbocycles. The highest BCUT2D eigenvalue weighted by Gasteiger charge is 2.40. The average Bonchev–Trinajstić information content (AvgIpc) is 3.71. The van der Waals surface area contributed by atoms with E-state index in [-0.39, 0.29) is 5.41 Å². The highest BCUT2D eigenvalue weighted by atomic mass is 16.3. The van der Waals surface area contributed by atoms with Gasteiger partial charge in [-0.2, -0.15) is 0 Å². The summed E-state index contributed by atoms with van der Waals surface area (Å²) in [5, 5.41) is 15.2. The van der Waals surface area contributed by atoms with Gasteiger partial charge >= 0.3 is 0 Å². The summed E-state index contributed by atoms with van der Waals surface area (Å²) in [6.45, 7) is 4.87. The minimum Gasteiger partial charge on any atom is -0.456 e. The first-order valence-electron chi connectivity index (χ1n) is 18.9. The van der Waals surface area contributed by atoms with Gasteiger partial charge in [0.1, 0.15) is 11.2 Å². The molecule has 1 aliphatic carbocycles. The van der Waals surface area contributed by atoms with E-state index in [0.29, 0.717) is 0 Å². The predicted molar refractivity (Wildman–Crippen MR) is 230 cm³/mol. The van der Waals surface area contributed by atoms with Gasteiger partial charge in [-0.25, -0.2) is 0 Å². The van der Waals surface area contributed by atoms with Gasteiger partial charge in [-0.15, -0.1) is 0 Å². The molecule has 1 aromatic heterocycles. The van der Waals surface area contributed by atoms with E-state index >= 15 is 0 Å². The standard InChI is InChI=1S/C53H34O/c1-53(2)51-41-24-11-5-17-34(41)44(30-45(51)50-36-19-6-3-15-32(36)33-16-4-12-25-42(33)52(50)53)49-39-22-9-7-20-37(39)48(38-21-8-10-23-40(38)49)31-27-28-47-43(29-31)35-18-13-14-26-46(35)54-47/h3-30H,1-2H3. The molecule has 0 saturated heterocycles. The van der Waals surface area contributed by atoms with Gasteiger partial charge in [0.25, 0.3) is 0 Å². The van der Waals surface area contributed by atoms with E-state index in [1.54, 1.807) is 0 Å². The molecule has 54 heavy (non-hydrogen) atoms. The third-order valence-corrected chi connectivity index (χ3v) is 12.4. The fourth-order valence-electron chi connectivity index (χ4n) is 10.3. The molecule has 252 valence electrons. The fourth-order valence-corrected chi connectivity index (χ4v) is 10.3. The summed E-state index contributed by atoms with van der Waals surface area (Å²) < 4.78 is 6.26. The molecule has 0 N–H and O–H groups in total. The number of fused-ring (bicyclic) bond motifs is 15. The molecule has 0 amide bonds. The summed E-state index contributed by atoms with van der Waals surface area (Å²) in [4.78, 5) is 0. The van der Waals surface area contributed by atoms with E-state index in [1.807, 2.05) is 6.07 Å². The van der Waals surface area contributed by atoms with Crippen molar-refractivity contribution in [2.24, 2.45) is 0 Å². The normalized spacial score (nSPS) is 13.5. The Morgan fingerprint density at radius 3 is 1.39 bits per heavy atom. The third kappa shape index (κ3) is 3.83. The first kappa shape index (κ1) is 29.8. The minimum absolute atomic E-state index is 0.198. The van der Waals surface area contributed by atoms with Gasteiger partial charge in [0.05, 0.1) is 0 Å². The van der Waals surface area contributed by atoms with Crippen LogP contribution in [0, 0.1) is 0 Å². The second-order valence-electron chi connectivity index (χ2n) is 15.5. The van der Waals surface area contributed by atoms with Crippen LogP contribution in [-0.4, -0.2) is 0 Å². The van der Waals surface area contributed by atoms with Crippen LogP contribution in [0.5, 0.6) is 0 Å². The van der Waals surface area contributed by atoms with Crippen molar-refractivity contribution in [1.29, 1.82) is 0 Å². The smallest absolute Gasteiger partial charge is 0.135 e. The maximum Gasteiger partial charge on any atom is 0.135 e. The minimum atomic E-state index is -0.198. The van der Waals surface area contributed by atoms with Crippen LogP contribution < -0.4 is 0 Å². The monoisotopic (exact) mass is 686 g/mol. The Hall–Kier alpha value is -6.70. The predicted octanol–water partition coefficient (Wildman–Crippen LogP) is 15.0. The number of rotatable bonds is 2. The molecule has 12 rings (SSSR count). The van der Waals surface area contributed by atoms with Gasteiger partial charge in [-0.3, -0.25) is 0 Å². The van der Waals surface area contributed by atoms with Crippen LogP contribution in [0.2, 0.25) is 0 Å². The van der Waals surface area contributed by atoms with E-state index in [4.69, 9.17) is 4.42 Å². The largest absolute Gasteiger partial charge is 0.456 e. The molecule has 0 radical (unpaired) electrons. The molecular formula is C53H34O. The Kier molecular flexibility index (Phi) is 5.90. The lowest BCUT2D eigenvalue weighted by molar-refractivity contribution is 0.669. The zero-order chi connectivity index (χ0) is 35.7. The van der Waals surface area contributed by atoms with Crippen LogP contribution >= 0.6 is 0 Å². The van der Waals surface area contributed by atoms with Crippen LogP contribution in [0.3, 0.4) is 0 Å². The highest BCUT2D eigenvalue weighted by molar-refractivity contribution is 6.26. The zero-order valence-corrected chi connectivity index (χ0v) is 30.1. The van der Waals surface area contributed by atoms with Gasteiger partial charge < -0.3 is 4.42 Å². The lowest BCUT2D eigenvalue weighted by Gasteiger charge is -2.26. The van der Waals surface area contributed by atoms with Crippen molar-refractivity contribution in [3.63, 3.8) is 0 Å². The van der Waals surface area contributed by atoms with Gasteiger partial charge in [0.2, 0.25) is 0 Å². The van der Waals surface area contributed by atoms with Crippen molar-refractivity contribution >= 4 is 75.8 Å². The van der Waals surface area contributed by atoms with Crippen molar-refractivity contribution in [3.8, 4) is 33.4 Å². The molecule has 0 fully saturated rings. The second-order valence-corrected chi connectivity index (χ2v) is 15.5. The molecule has 1 nitrogen and oxygen atoms in total. The van der Waals surface area contributed by atoms with E-state index < -0.39 is 0 Å². The molecule has 11 aromatic rings. The Labute approximate surface area is 312 Å². The van der Waals surface area contributed by atoms with Gasteiger partial charge in [0, 0.05) is 16.2 Å². The number of furan rings is 1. The molecule has 0 unspecified atom stereocenters. The van der Waals surface area contributed by atoms with Crippen molar-refractivity contribution in [2.45, 2.75) is 19.3 Å². The topological polar surface area (TPSA) is 13.1 Å². The average molecular weight is 687 g/mol. The second kappa shape index (κ2) is 10.7. The van der Waals surface area contributed by atoms with Gasteiger partial charge in [-0.05, 0) is 123 Å².